The van der Waals surface area contributed by atoms with Gasteiger partial charge in [0.25, 0.3) is 0 Å². The van der Waals surface area contributed by atoms with E-state index in [2.05, 4.69) is 27.3 Å². The van der Waals surface area contributed by atoms with Crippen molar-refractivity contribution in [2.45, 2.75) is 39.7 Å². The van der Waals surface area contributed by atoms with Gasteiger partial charge in [-0.05, 0) is 45.6 Å². The summed E-state index contributed by atoms with van der Waals surface area (Å²) in [7, 11) is 0. The minimum atomic E-state index is 0.463. The zero-order valence-corrected chi connectivity index (χ0v) is 11.6. The van der Waals surface area contributed by atoms with E-state index < -0.39 is 0 Å². The van der Waals surface area contributed by atoms with E-state index in [0.717, 1.165) is 28.9 Å². The van der Waals surface area contributed by atoms with Crippen LogP contribution in [0, 0.1) is 19.8 Å². The van der Waals surface area contributed by atoms with E-state index in [1.807, 2.05) is 24.6 Å². The minimum Gasteiger partial charge on any atom is -0.366 e. The van der Waals surface area contributed by atoms with Crippen molar-refractivity contribution in [3.05, 3.63) is 29.8 Å². The van der Waals surface area contributed by atoms with E-state index in [1.165, 1.54) is 12.8 Å². The predicted molar refractivity (Wildman–Crippen MR) is 74.4 cm³/mol. The summed E-state index contributed by atoms with van der Waals surface area (Å²) in [6.07, 6.45) is 6.15. The lowest BCUT2D eigenvalue weighted by atomic mass is 10.2. The fraction of sp³-hybridized carbons (Fsp3) is 0.500. The second kappa shape index (κ2) is 4.64. The molecule has 0 radical (unpaired) electrons. The first-order chi connectivity index (χ1) is 9.13. The Morgan fingerprint density at radius 3 is 2.74 bits per heavy atom. The lowest BCUT2D eigenvalue weighted by Gasteiger charge is -2.13. The van der Waals surface area contributed by atoms with Crippen LogP contribution >= 0.6 is 0 Å². The van der Waals surface area contributed by atoms with E-state index in [4.69, 9.17) is 0 Å². The van der Waals surface area contributed by atoms with Crippen LogP contribution in [0.3, 0.4) is 0 Å². The van der Waals surface area contributed by atoms with E-state index >= 15 is 0 Å². The van der Waals surface area contributed by atoms with E-state index in [0.29, 0.717) is 6.04 Å². The summed E-state index contributed by atoms with van der Waals surface area (Å²) in [5.41, 5.74) is 2.06. The first kappa shape index (κ1) is 12.1. The van der Waals surface area contributed by atoms with Gasteiger partial charge >= 0.3 is 0 Å². The van der Waals surface area contributed by atoms with E-state index in [-0.39, 0.29) is 0 Å². The summed E-state index contributed by atoms with van der Waals surface area (Å²) >= 11 is 0. The van der Waals surface area contributed by atoms with Crippen LogP contribution in [0.2, 0.25) is 0 Å². The average Bonchev–Trinajstić information content (AvgIpc) is 3.16. The predicted octanol–water partition coefficient (Wildman–Crippen LogP) is 2.49. The maximum Gasteiger partial charge on any atom is 0.174 e. The Hall–Kier alpha value is -1.91. The Bertz CT molecular complexity index is 585. The zero-order valence-electron chi connectivity index (χ0n) is 11.6. The molecule has 1 atom stereocenters. The fourth-order valence-corrected chi connectivity index (χ4v) is 2.34. The average molecular weight is 257 g/mol. The van der Waals surface area contributed by atoms with Gasteiger partial charge in [0.05, 0.1) is 18.1 Å². The van der Waals surface area contributed by atoms with Crippen LogP contribution in [0.25, 0.3) is 5.82 Å². The number of hydrogen-bond donors (Lipinski definition) is 1. The largest absolute Gasteiger partial charge is 0.366 e. The van der Waals surface area contributed by atoms with Gasteiger partial charge < -0.3 is 5.32 Å². The van der Waals surface area contributed by atoms with Gasteiger partial charge in [-0.25, -0.2) is 9.67 Å². The second-order valence-electron chi connectivity index (χ2n) is 5.37. The number of rotatable bonds is 4. The fourth-order valence-electron chi connectivity index (χ4n) is 2.34. The summed E-state index contributed by atoms with van der Waals surface area (Å²) in [4.78, 5) is 8.85. The number of aromatic nitrogens is 4. The van der Waals surface area contributed by atoms with Crippen molar-refractivity contribution in [1.29, 1.82) is 0 Å². The van der Waals surface area contributed by atoms with Crippen molar-refractivity contribution in [3.8, 4) is 5.82 Å². The third-order valence-electron chi connectivity index (χ3n) is 3.55. The molecule has 100 valence electrons. The Kier molecular flexibility index (Phi) is 2.97. The minimum absolute atomic E-state index is 0.463. The van der Waals surface area contributed by atoms with Gasteiger partial charge in [0.15, 0.2) is 5.82 Å². The first-order valence-corrected chi connectivity index (χ1v) is 6.75. The van der Waals surface area contributed by atoms with Gasteiger partial charge in [0.1, 0.15) is 5.82 Å². The maximum atomic E-state index is 4.59. The topological polar surface area (TPSA) is 55.6 Å². The molecule has 19 heavy (non-hydrogen) atoms. The van der Waals surface area contributed by atoms with Gasteiger partial charge in [0, 0.05) is 11.7 Å². The SMILES string of the molecule is Cc1cc(C)n(-c2cncc(NC(C)C3CC3)n2)n1. The molecular weight excluding hydrogens is 238 g/mol. The zero-order chi connectivity index (χ0) is 13.4. The highest BCUT2D eigenvalue weighted by molar-refractivity contribution is 5.37. The van der Waals surface area contributed by atoms with Crippen LogP contribution in [0.5, 0.6) is 0 Å². The molecular formula is C14H19N5. The molecule has 2 heterocycles. The molecule has 5 nitrogen and oxygen atoms in total. The molecule has 2 aromatic rings. The molecule has 2 aromatic heterocycles. The molecule has 5 heteroatoms. The highest BCUT2D eigenvalue weighted by Gasteiger charge is 2.28. The van der Waals surface area contributed by atoms with Crippen LogP contribution in [-0.4, -0.2) is 25.8 Å². The van der Waals surface area contributed by atoms with Crippen LogP contribution in [0.4, 0.5) is 5.82 Å². The van der Waals surface area contributed by atoms with Crippen molar-refractivity contribution < 1.29 is 0 Å². The number of nitrogens with one attached hydrogen (secondary N) is 1. The Morgan fingerprint density at radius 1 is 1.32 bits per heavy atom. The molecule has 1 unspecified atom stereocenters. The normalized spacial score (nSPS) is 16.4. The lowest BCUT2D eigenvalue weighted by molar-refractivity contribution is 0.688. The van der Waals surface area contributed by atoms with E-state index in [1.54, 1.807) is 12.4 Å². The number of anilines is 1. The smallest absolute Gasteiger partial charge is 0.174 e. The summed E-state index contributed by atoms with van der Waals surface area (Å²) in [5.74, 6) is 2.38. The molecule has 0 spiro atoms. The van der Waals surface area contributed by atoms with Gasteiger partial charge in [-0.3, -0.25) is 4.98 Å². The van der Waals surface area contributed by atoms with Crippen molar-refractivity contribution in [2.75, 3.05) is 5.32 Å². The summed E-state index contributed by atoms with van der Waals surface area (Å²) in [5, 5.41) is 7.86. The Balaban J connectivity index is 1.84. The molecule has 0 saturated heterocycles. The Morgan fingerprint density at radius 2 is 2.11 bits per heavy atom. The second-order valence-corrected chi connectivity index (χ2v) is 5.37. The number of hydrogen-bond acceptors (Lipinski definition) is 4. The van der Waals surface area contributed by atoms with Crippen LogP contribution in [0.1, 0.15) is 31.2 Å². The molecule has 1 fully saturated rings. The standard InChI is InChI=1S/C14H19N5/c1-9-6-10(2)19(18-9)14-8-15-7-13(17-14)16-11(3)12-4-5-12/h6-8,11-12H,4-5H2,1-3H3,(H,16,17). The monoisotopic (exact) mass is 257 g/mol. The first-order valence-electron chi connectivity index (χ1n) is 6.75. The molecule has 1 saturated carbocycles. The molecule has 0 aromatic carbocycles. The third-order valence-corrected chi connectivity index (χ3v) is 3.55. The molecule has 0 amide bonds. The Labute approximate surface area is 113 Å². The lowest BCUT2D eigenvalue weighted by Crippen LogP contribution is -2.18. The van der Waals surface area contributed by atoms with Crippen LogP contribution in [-0.2, 0) is 0 Å². The molecule has 1 aliphatic carbocycles. The number of aryl methyl sites for hydroxylation is 2. The van der Waals surface area contributed by atoms with Crippen molar-refractivity contribution in [1.82, 2.24) is 19.7 Å². The summed E-state index contributed by atoms with van der Waals surface area (Å²) < 4.78 is 1.83. The van der Waals surface area contributed by atoms with Crippen molar-refractivity contribution in [3.63, 3.8) is 0 Å². The van der Waals surface area contributed by atoms with Gasteiger partial charge in [0.2, 0.25) is 0 Å². The van der Waals surface area contributed by atoms with Crippen molar-refractivity contribution >= 4 is 5.82 Å². The van der Waals surface area contributed by atoms with Gasteiger partial charge in [-0.1, -0.05) is 0 Å². The maximum absolute atomic E-state index is 4.59. The third kappa shape index (κ3) is 2.59. The van der Waals surface area contributed by atoms with Crippen LogP contribution < -0.4 is 5.32 Å². The highest BCUT2D eigenvalue weighted by Crippen LogP contribution is 2.33. The highest BCUT2D eigenvalue weighted by atomic mass is 15.3. The molecule has 0 bridgehead atoms. The quantitative estimate of drug-likeness (QED) is 0.914. The summed E-state index contributed by atoms with van der Waals surface area (Å²) in [6, 6.07) is 2.50. The molecule has 3 rings (SSSR count). The van der Waals surface area contributed by atoms with Crippen molar-refractivity contribution in [2.24, 2.45) is 5.92 Å². The molecule has 1 N–H and O–H groups in total. The van der Waals surface area contributed by atoms with Gasteiger partial charge in [-0.15, -0.1) is 0 Å². The summed E-state index contributed by atoms with van der Waals surface area (Å²) in [6.45, 7) is 6.21. The van der Waals surface area contributed by atoms with E-state index in [9.17, 15) is 0 Å². The molecule has 1 aliphatic rings. The molecule has 0 aliphatic heterocycles. The number of nitrogens with zero attached hydrogens (tertiary/aromatic N) is 4. The van der Waals surface area contributed by atoms with Gasteiger partial charge in [-0.2, -0.15) is 5.10 Å². The van der Waals surface area contributed by atoms with Crippen LogP contribution in [0.15, 0.2) is 18.5 Å².